The van der Waals surface area contributed by atoms with Crippen molar-refractivity contribution in [2.45, 2.75) is 45.6 Å². The summed E-state index contributed by atoms with van der Waals surface area (Å²) in [6, 6.07) is 6.54. The Hall–Kier alpha value is -1.82. The standard InChI is InChI=1S/C19H34N6/c1-3-20-19(24-16-17-10-9-15-25(17)4-2)23-14-8-7-13-22-18-11-5-6-12-21-18/h5-6,11-12,17H,3-4,7-10,13-16H2,1-2H3,(H,21,22)(H2,20,23,24). The number of likely N-dealkylation sites (tertiary alicyclic amines) is 1. The first-order chi connectivity index (χ1) is 12.3. The molecule has 3 N–H and O–H groups in total. The van der Waals surface area contributed by atoms with Crippen molar-refractivity contribution >= 4 is 11.8 Å². The Kier molecular flexibility index (Phi) is 9.12. The number of unbranched alkanes of at least 4 members (excludes halogenated alkanes) is 1. The summed E-state index contributed by atoms with van der Waals surface area (Å²) in [6.07, 6.45) is 6.61. The van der Waals surface area contributed by atoms with Crippen LogP contribution in [0.15, 0.2) is 29.4 Å². The molecular formula is C19H34N6. The third kappa shape index (κ3) is 7.30. The number of hydrogen-bond acceptors (Lipinski definition) is 4. The minimum Gasteiger partial charge on any atom is -0.370 e. The molecule has 1 atom stereocenters. The number of aromatic nitrogens is 1. The molecule has 0 spiro atoms. The molecule has 25 heavy (non-hydrogen) atoms. The summed E-state index contributed by atoms with van der Waals surface area (Å²) in [7, 11) is 0. The second-order valence-corrected chi connectivity index (χ2v) is 6.42. The number of nitrogens with one attached hydrogen (secondary N) is 3. The number of aliphatic imine (C=N–C) groups is 1. The van der Waals surface area contributed by atoms with Crippen LogP contribution in [0.3, 0.4) is 0 Å². The number of rotatable bonds is 10. The molecule has 2 rings (SSSR count). The lowest BCUT2D eigenvalue weighted by atomic mass is 10.2. The van der Waals surface area contributed by atoms with Crippen LogP contribution in [0.4, 0.5) is 5.82 Å². The molecule has 1 aliphatic heterocycles. The highest BCUT2D eigenvalue weighted by atomic mass is 15.2. The zero-order chi connectivity index (χ0) is 17.7. The van der Waals surface area contributed by atoms with Crippen molar-refractivity contribution in [3.8, 4) is 0 Å². The molecule has 1 fully saturated rings. The Bertz CT molecular complexity index is 490. The van der Waals surface area contributed by atoms with E-state index in [0.29, 0.717) is 6.04 Å². The van der Waals surface area contributed by atoms with Gasteiger partial charge in [-0.15, -0.1) is 0 Å². The fourth-order valence-corrected chi connectivity index (χ4v) is 3.20. The van der Waals surface area contributed by atoms with Crippen molar-refractivity contribution in [1.29, 1.82) is 0 Å². The van der Waals surface area contributed by atoms with Crippen LogP contribution >= 0.6 is 0 Å². The molecule has 140 valence electrons. The van der Waals surface area contributed by atoms with Gasteiger partial charge in [0.15, 0.2) is 5.96 Å². The number of guanidine groups is 1. The smallest absolute Gasteiger partial charge is 0.191 e. The van der Waals surface area contributed by atoms with E-state index < -0.39 is 0 Å². The van der Waals surface area contributed by atoms with Gasteiger partial charge in [0.2, 0.25) is 0 Å². The molecule has 0 radical (unpaired) electrons. The summed E-state index contributed by atoms with van der Waals surface area (Å²) in [6.45, 7) is 10.4. The first-order valence-corrected chi connectivity index (χ1v) is 9.74. The molecule has 0 amide bonds. The molecule has 1 saturated heterocycles. The summed E-state index contributed by atoms with van der Waals surface area (Å²) in [5.41, 5.74) is 0. The summed E-state index contributed by atoms with van der Waals surface area (Å²) in [4.78, 5) is 11.6. The number of likely N-dealkylation sites (N-methyl/N-ethyl adjacent to an activating group) is 1. The number of hydrogen-bond donors (Lipinski definition) is 3. The Morgan fingerprint density at radius 1 is 1.24 bits per heavy atom. The van der Waals surface area contributed by atoms with E-state index in [1.165, 1.54) is 19.4 Å². The monoisotopic (exact) mass is 346 g/mol. The van der Waals surface area contributed by atoms with Gasteiger partial charge in [-0.25, -0.2) is 4.98 Å². The van der Waals surface area contributed by atoms with E-state index in [9.17, 15) is 0 Å². The van der Waals surface area contributed by atoms with Gasteiger partial charge < -0.3 is 16.0 Å². The molecule has 0 saturated carbocycles. The number of pyridine rings is 1. The van der Waals surface area contributed by atoms with Crippen LogP contribution in [0.2, 0.25) is 0 Å². The molecule has 0 aliphatic carbocycles. The van der Waals surface area contributed by atoms with E-state index in [2.05, 4.69) is 39.7 Å². The van der Waals surface area contributed by atoms with E-state index in [1.807, 2.05) is 24.4 Å². The maximum Gasteiger partial charge on any atom is 0.191 e. The van der Waals surface area contributed by atoms with E-state index in [-0.39, 0.29) is 0 Å². The van der Waals surface area contributed by atoms with E-state index in [4.69, 9.17) is 4.99 Å². The highest BCUT2D eigenvalue weighted by molar-refractivity contribution is 5.79. The minimum atomic E-state index is 0.614. The van der Waals surface area contributed by atoms with Gasteiger partial charge in [0, 0.05) is 31.9 Å². The molecule has 2 heterocycles. The molecule has 1 aromatic heterocycles. The maximum atomic E-state index is 4.79. The molecule has 1 aliphatic rings. The molecule has 6 heteroatoms. The lowest BCUT2D eigenvalue weighted by Gasteiger charge is -2.21. The van der Waals surface area contributed by atoms with Crippen LogP contribution in [0, 0.1) is 0 Å². The van der Waals surface area contributed by atoms with Crippen LogP contribution in [-0.4, -0.2) is 61.2 Å². The van der Waals surface area contributed by atoms with Crippen LogP contribution in [0.1, 0.15) is 39.5 Å². The van der Waals surface area contributed by atoms with Crippen molar-refractivity contribution in [1.82, 2.24) is 20.5 Å². The van der Waals surface area contributed by atoms with E-state index in [0.717, 1.165) is 57.3 Å². The predicted molar refractivity (Wildman–Crippen MR) is 106 cm³/mol. The van der Waals surface area contributed by atoms with Crippen LogP contribution in [0.25, 0.3) is 0 Å². The maximum absolute atomic E-state index is 4.79. The van der Waals surface area contributed by atoms with Gasteiger partial charge in [-0.1, -0.05) is 13.0 Å². The van der Waals surface area contributed by atoms with Crippen molar-refractivity contribution in [3.63, 3.8) is 0 Å². The predicted octanol–water partition coefficient (Wildman–Crippen LogP) is 2.31. The van der Waals surface area contributed by atoms with Gasteiger partial charge in [-0.05, 0) is 57.8 Å². The Morgan fingerprint density at radius 3 is 2.88 bits per heavy atom. The van der Waals surface area contributed by atoms with Gasteiger partial charge in [0.25, 0.3) is 0 Å². The SMILES string of the molecule is CCNC(=NCC1CCCN1CC)NCCCCNc1ccccn1. The third-order valence-corrected chi connectivity index (χ3v) is 4.58. The summed E-state index contributed by atoms with van der Waals surface area (Å²) in [5, 5.41) is 10.1. The van der Waals surface area contributed by atoms with Crippen LogP contribution in [0.5, 0.6) is 0 Å². The summed E-state index contributed by atoms with van der Waals surface area (Å²) >= 11 is 0. The highest BCUT2D eigenvalue weighted by Gasteiger charge is 2.22. The Morgan fingerprint density at radius 2 is 2.12 bits per heavy atom. The second kappa shape index (κ2) is 11.7. The van der Waals surface area contributed by atoms with Gasteiger partial charge >= 0.3 is 0 Å². The van der Waals surface area contributed by atoms with Gasteiger partial charge in [-0.3, -0.25) is 9.89 Å². The van der Waals surface area contributed by atoms with Gasteiger partial charge in [0.1, 0.15) is 5.82 Å². The van der Waals surface area contributed by atoms with Crippen molar-refractivity contribution in [3.05, 3.63) is 24.4 Å². The zero-order valence-electron chi connectivity index (χ0n) is 15.8. The van der Waals surface area contributed by atoms with Crippen molar-refractivity contribution in [2.75, 3.05) is 44.6 Å². The number of anilines is 1. The van der Waals surface area contributed by atoms with Crippen molar-refractivity contribution < 1.29 is 0 Å². The van der Waals surface area contributed by atoms with Crippen LogP contribution < -0.4 is 16.0 Å². The van der Waals surface area contributed by atoms with Gasteiger partial charge in [0.05, 0.1) is 6.54 Å². The Labute approximate surface area is 152 Å². The molecule has 1 aromatic rings. The highest BCUT2D eigenvalue weighted by Crippen LogP contribution is 2.16. The Balaban J connectivity index is 1.62. The van der Waals surface area contributed by atoms with E-state index >= 15 is 0 Å². The first-order valence-electron chi connectivity index (χ1n) is 9.74. The molecule has 1 unspecified atom stereocenters. The molecule has 0 aromatic carbocycles. The summed E-state index contributed by atoms with van der Waals surface area (Å²) < 4.78 is 0. The molecule has 0 bridgehead atoms. The fraction of sp³-hybridized carbons (Fsp3) is 0.684. The summed E-state index contributed by atoms with van der Waals surface area (Å²) in [5.74, 6) is 1.89. The zero-order valence-corrected chi connectivity index (χ0v) is 15.8. The van der Waals surface area contributed by atoms with Crippen LogP contribution in [-0.2, 0) is 0 Å². The lowest BCUT2D eigenvalue weighted by molar-refractivity contribution is 0.273. The van der Waals surface area contributed by atoms with E-state index in [1.54, 1.807) is 0 Å². The molecule has 6 nitrogen and oxygen atoms in total. The average molecular weight is 347 g/mol. The molecular weight excluding hydrogens is 312 g/mol. The normalized spacial score (nSPS) is 18.3. The fourth-order valence-electron chi connectivity index (χ4n) is 3.20. The first kappa shape index (κ1) is 19.5. The quantitative estimate of drug-likeness (QED) is 0.345. The lowest BCUT2D eigenvalue weighted by Crippen LogP contribution is -2.39. The largest absolute Gasteiger partial charge is 0.370 e. The average Bonchev–Trinajstić information content (AvgIpc) is 3.11. The van der Waals surface area contributed by atoms with Crippen molar-refractivity contribution in [2.24, 2.45) is 4.99 Å². The van der Waals surface area contributed by atoms with Gasteiger partial charge in [-0.2, -0.15) is 0 Å². The number of nitrogens with zero attached hydrogens (tertiary/aromatic N) is 3. The second-order valence-electron chi connectivity index (χ2n) is 6.42. The third-order valence-electron chi connectivity index (χ3n) is 4.58. The topological polar surface area (TPSA) is 64.6 Å². The minimum absolute atomic E-state index is 0.614.